The van der Waals surface area contributed by atoms with Crippen LogP contribution in [-0.4, -0.2) is 28.5 Å². The third-order valence-corrected chi connectivity index (χ3v) is 5.41. The van der Waals surface area contributed by atoms with Crippen LogP contribution in [0.4, 0.5) is 5.69 Å². The normalized spacial score (nSPS) is 15.8. The number of anilines is 1. The highest BCUT2D eigenvalue weighted by Gasteiger charge is 2.24. The number of carbonyl (C=O) groups excluding carboxylic acids is 1. The lowest BCUT2D eigenvalue weighted by molar-refractivity contribution is -0.114. The van der Waals surface area contributed by atoms with E-state index in [-0.39, 0.29) is 17.7 Å². The van der Waals surface area contributed by atoms with Crippen molar-refractivity contribution >= 4 is 34.3 Å². The topological polar surface area (TPSA) is 67.5 Å². The highest BCUT2D eigenvalue weighted by atomic mass is 35.5. The molecule has 0 bridgehead atoms. The fourth-order valence-electron chi connectivity index (χ4n) is 3.84. The molecule has 146 valence electrons. The number of hydrogen-bond acceptors (Lipinski definition) is 4. The standard InChI is InChI=1S/C21H22ClN3O3/c1-14(26)23-17-5-2-15(3-6-17)13-24-10-8-18(9-11-24)25-19-12-16(22)4-7-20(19)28-21(25)27/h2-7,12,18H,8-11,13H2,1H3,(H,23,26). The van der Waals surface area contributed by atoms with Gasteiger partial charge in [-0.25, -0.2) is 4.79 Å². The summed E-state index contributed by atoms with van der Waals surface area (Å²) in [5, 5.41) is 3.38. The van der Waals surface area contributed by atoms with Gasteiger partial charge in [0.05, 0.1) is 5.52 Å². The second-order valence-corrected chi connectivity index (χ2v) is 7.67. The molecule has 1 N–H and O–H groups in total. The molecular formula is C21H22ClN3O3. The number of likely N-dealkylation sites (tertiary alicyclic amines) is 1. The van der Waals surface area contributed by atoms with Gasteiger partial charge in [-0.1, -0.05) is 23.7 Å². The number of aromatic nitrogens is 1. The van der Waals surface area contributed by atoms with Crippen molar-refractivity contribution in [1.82, 2.24) is 9.47 Å². The van der Waals surface area contributed by atoms with Gasteiger partial charge in [-0.05, 0) is 48.7 Å². The summed E-state index contributed by atoms with van der Waals surface area (Å²) < 4.78 is 7.12. The lowest BCUT2D eigenvalue weighted by Crippen LogP contribution is -2.36. The van der Waals surface area contributed by atoms with Crippen molar-refractivity contribution in [2.24, 2.45) is 0 Å². The number of amides is 1. The number of nitrogens with one attached hydrogen (secondary N) is 1. The summed E-state index contributed by atoms with van der Waals surface area (Å²) in [6.07, 6.45) is 1.76. The first kappa shape index (κ1) is 18.8. The van der Waals surface area contributed by atoms with Crippen molar-refractivity contribution in [2.45, 2.75) is 32.4 Å². The summed E-state index contributed by atoms with van der Waals surface area (Å²) in [6.45, 7) is 4.15. The predicted octanol–water partition coefficient (Wildman–Crippen LogP) is 4.04. The molecular weight excluding hydrogens is 378 g/mol. The second-order valence-electron chi connectivity index (χ2n) is 7.24. The third kappa shape index (κ3) is 3.98. The Morgan fingerprint density at radius 3 is 2.57 bits per heavy atom. The van der Waals surface area contributed by atoms with Crippen molar-refractivity contribution in [3.63, 3.8) is 0 Å². The van der Waals surface area contributed by atoms with E-state index in [1.807, 2.05) is 24.3 Å². The fraction of sp³-hybridized carbons (Fsp3) is 0.333. The molecule has 0 radical (unpaired) electrons. The van der Waals surface area contributed by atoms with E-state index in [2.05, 4.69) is 10.2 Å². The van der Waals surface area contributed by atoms with Crippen LogP contribution in [0.2, 0.25) is 5.02 Å². The average Bonchev–Trinajstić information content (AvgIpc) is 2.99. The number of benzene rings is 2. The SMILES string of the molecule is CC(=O)Nc1ccc(CN2CCC(n3c(=O)oc4ccc(Cl)cc43)CC2)cc1. The second kappa shape index (κ2) is 7.81. The lowest BCUT2D eigenvalue weighted by atomic mass is 10.0. The highest BCUT2D eigenvalue weighted by Crippen LogP contribution is 2.28. The maximum absolute atomic E-state index is 12.3. The largest absolute Gasteiger partial charge is 0.420 e. The summed E-state index contributed by atoms with van der Waals surface area (Å²) in [5.74, 6) is -0.387. The molecule has 4 rings (SSSR count). The van der Waals surface area contributed by atoms with E-state index in [1.54, 1.807) is 22.8 Å². The number of hydrogen-bond donors (Lipinski definition) is 1. The highest BCUT2D eigenvalue weighted by molar-refractivity contribution is 6.31. The Bertz CT molecular complexity index is 1050. The van der Waals surface area contributed by atoms with Gasteiger partial charge in [-0.15, -0.1) is 0 Å². The van der Waals surface area contributed by atoms with E-state index < -0.39 is 0 Å². The number of oxazole rings is 1. The molecule has 0 aliphatic carbocycles. The van der Waals surface area contributed by atoms with Gasteiger partial charge in [-0.2, -0.15) is 0 Å². The number of piperidine rings is 1. The molecule has 1 amide bonds. The third-order valence-electron chi connectivity index (χ3n) is 5.18. The van der Waals surface area contributed by atoms with Gasteiger partial charge in [-0.3, -0.25) is 14.3 Å². The minimum Gasteiger partial charge on any atom is -0.408 e. The van der Waals surface area contributed by atoms with Gasteiger partial charge in [0, 0.05) is 43.3 Å². The van der Waals surface area contributed by atoms with Crippen molar-refractivity contribution in [3.05, 3.63) is 63.6 Å². The molecule has 3 aromatic rings. The molecule has 0 spiro atoms. The molecule has 1 saturated heterocycles. The Labute approximate surface area is 167 Å². The number of nitrogens with zero attached hydrogens (tertiary/aromatic N) is 2. The molecule has 1 fully saturated rings. The molecule has 28 heavy (non-hydrogen) atoms. The van der Waals surface area contributed by atoms with E-state index in [4.69, 9.17) is 16.0 Å². The average molecular weight is 400 g/mol. The summed E-state index contributed by atoms with van der Waals surface area (Å²) in [5.41, 5.74) is 3.35. The fourth-order valence-corrected chi connectivity index (χ4v) is 4.01. The molecule has 1 aliphatic heterocycles. The van der Waals surface area contributed by atoms with Crippen LogP contribution in [-0.2, 0) is 11.3 Å². The summed E-state index contributed by atoms with van der Waals surface area (Å²) >= 11 is 6.10. The zero-order valence-corrected chi connectivity index (χ0v) is 16.4. The van der Waals surface area contributed by atoms with Crippen LogP contribution >= 0.6 is 11.6 Å². The summed E-state index contributed by atoms with van der Waals surface area (Å²) in [7, 11) is 0. The van der Waals surface area contributed by atoms with E-state index in [9.17, 15) is 9.59 Å². The molecule has 0 unspecified atom stereocenters. The number of fused-ring (bicyclic) bond motifs is 1. The van der Waals surface area contributed by atoms with Crippen LogP contribution in [0, 0.1) is 0 Å². The van der Waals surface area contributed by atoms with Crippen LogP contribution in [0.5, 0.6) is 0 Å². The van der Waals surface area contributed by atoms with Gasteiger partial charge < -0.3 is 9.73 Å². The molecule has 6 nitrogen and oxygen atoms in total. The molecule has 2 heterocycles. The lowest BCUT2D eigenvalue weighted by Gasteiger charge is -2.32. The molecule has 1 aromatic heterocycles. The van der Waals surface area contributed by atoms with Crippen molar-refractivity contribution in [2.75, 3.05) is 18.4 Å². The Morgan fingerprint density at radius 2 is 1.89 bits per heavy atom. The first-order valence-corrected chi connectivity index (χ1v) is 9.77. The van der Waals surface area contributed by atoms with Gasteiger partial charge in [0.1, 0.15) is 0 Å². The summed E-state index contributed by atoms with van der Waals surface area (Å²) in [4.78, 5) is 25.8. The Kier molecular flexibility index (Phi) is 5.24. The predicted molar refractivity (Wildman–Crippen MR) is 110 cm³/mol. The van der Waals surface area contributed by atoms with Gasteiger partial charge >= 0.3 is 5.76 Å². The van der Waals surface area contributed by atoms with Crippen LogP contribution < -0.4 is 11.1 Å². The molecule has 7 heteroatoms. The first-order valence-electron chi connectivity index (χ1n) is 9.39. The van der Waals surface area contributed by atoms with Crippen LogP contribution in [0.1, 0.15) is 31.4 Å². The van der Waals surface area contributed by atoms with Crippen LogP contribution in [0.25, 0.3) is 11.1 Å². The maximum Gasteiger partial charge on any atom is 0.420 e. The zero-order chi connectivity index (χ0) is 19.7. The Balaban J connectivity index is 1.41. The minimum absolute atomic E-state index is 0.0712. The van der Waals surface area contributed by atoms with E-state index in [0.717, 1.165) is 43.7 Å². The van der Waals surface area contributed by atoms with E-state index in [1.165, 1.54) is 12.5 Å². The molecule has 2 aromatic carbocycles. The Hall–Kier alpha value is -2.57. The van der Waals surface area contributed by atoms with E-state index in [0.29, 0.717) is 10.6 Å². The van der Waals surface area contributed by atoms with Crippen LogP contribution in [0.15, 0.2) is 51.7 Å². The molecule has 0 saturated carbocycles. The number of halogens is 1. The van der Waals surface area contributed by atoms with Gasteiger partial charge in [0.25, 0.3) is 0 Å². The van der Waals surface area contributed by atoms with Crippen molar-refractivity contribution in [3.8, 4) is 0 Å². The molecule has 0 atom stereocenters. The van der Waals surface area contributed by atoms with Crippen LogP contribution in [0.3, 0.4) is 0 Å². The smallest absolute Gasteiger partial charge is 0.408 e. The number of rotatable bonds is 4. The maximum atomic E-state index is 12.3. The van der Waals surface area contributed by atoms with Crippen molar-refractivity contribution < 1.29 is 9.21 Å². The monoisotopic (exact) mass is 399 g/mol. The number of carbonyl (C=O) groups is 1. The quantitative estimate of drug-likeness (QED) is 0.718. The van der Waals surface area contributed by atoms with Gasteiger partial charge in [0.2, 0.25) is 5.91 Å². The van der Waals surface area contributed by atoms with Crippen molar-refractivity contribution in [1.29, 1.82) is 0 Å². The first-order chi connectivity index (χ1) is 13.5. The molecule has 1 aliphatic rings. The van der Waals surface area contributed by atoms with Gasteiger partial charge in [0.15, 0.2) is 5.58 Å². The van der Waals surface area contributed by atoms with E-state index >= 15 is 0 Å². The Morgan fingerprint density at radius 1 is 1.18 bits per heavy atom. The minimum atomic E-state index is -0.315. The zero-order valence-electron chi connectivity index (χ0n) is 15.7. The summed E-state index contributed by atoms with van der Waals surface area (Å²) in [6, 6.07) is 13.3.